The first-order valence-corrected chi connectivity index (χ1v) is 11.1. The Labute approximate surface area is 169 Å². The number of quaternary nitrogens is 1. The van der Waals surface area contributed by atoms with E-state index >= 15 is 0 Å². The highest BCUT2D eigenvalue weighted by Gasteiger charge is 2.39. The third-order valence-corrected chi connectivity index (χ3v) is 5.74. The topological polar surface area (TPSA) is 121 Å². The fourth-order valence-corrected chi connectivity index (χ4v) is 4.58. The summed E-state index contributed by atoms with van der Waals surface area (Å²) < 4.78 is 23.4. The largest absolute Gasteiger partial charge is 0.302 e. The van der Waals surface area contributed by atoms with Crippen molar-refractivity contribution in [3.05, 3.63) is 35.9 Å². The van der Waals surface area contributed by atoms with E-state index in [2.05, 4.69) is 25.1 Å². The van der Waals surface area contributed by atoms with Crippen molar-refractivity contribution in [1.29, 1.82) is 0 Å². The number of nitrogens with one attached hydrogen (secondary N) is 3. The van der Waals surface area contributed by atoms with E-state index in [0.717, 1.165) is 12.0 Å². The fraction of sp³-hybridized carbons (Fsp3) is 0.200. The highest BCUT2D eigenvalue weighted by molar-refractivity contribution is 7.88. The standard InChI is InChI=1S/C15H14ClN7O3S2/c1-8(24)18-15-20-11-4-3-10(19-13(11)27-15)9-6-23(21-28(2,25)26)14(16)22-7-17-5-12(9)22/h3-7,14,21H,1-2H3,(H,18,20,24)/p+1. The van der Waals surface area contributed by atoms with Crippen LogP contribution in [0.5, 0.6) is 0 Å². The molecule has 28 heavy (non-hydrogen) atoms. The van der Waals surface area contributed by atoms with E-state index in [1.54, 1.807) is 30.9 Å². The van der Waals surface area contributed by atoms with Gasteiger partial charge in [0.15, 0.2) is 17.2 Å². The molecule has 0 saturated carbocycles. The molecule has 2 aliphatic rings. The molecule has 4 rings (SSSR count). The van der Waals surface area contributed by atoms with Gasteiger partial charge >= 0.3 is 0 Å². The van der Waals surface area contributed by atoms with Crippen molar-refractivity contribution in [3.63, 3.8) is 0 Å². The summed E-state index contributed by atoms with van der Waals surface area (Å²) in [5.41, 5.74) is 1.94. The number of fused-ring (bicyclic) bond motifs is 2. The number of allylic oxidation sites excluding steroid dienone is 1. The van der Waals surface area contributed by atoms with Crippen molar-refractivity contribution in [2.45, 2.75) is 12.5 Å². The second-order valence-corrected chi connectivity index (χ2v) is 9.26. The van der Waals surface area contributed by atoms with Crippen LogP contribution in [0.2, 0.25) is 0 Å². The first kappa shape index (κ1) is 19.0. The van der Waals surface area contributed by atoms with Crippen LogP contribution in [-0.4, -0.2) is 47.5 Å². The van der Waals surface area contributed by atoms with Crippen LogP contribution in [0.15, 0.2) is 35.2 Å². The molecular weight excluding hydrogens is 426 g/mol. The number of rotatable bonds is 4. The first-order chi connectivity index (χ1) is 13.2. The zero-order chi connectivity index (χ0) is 20.1. The van der Waals surface area contributed by atoms with Gasteiger partial charge in [-0.15, -0.1) is 4.83 Å². The Bertz CT molecular complexity index is 1170. The number of halogens is 1. The Morgan fingerprint density at radius 2 is 2.14 bits per heavy atom. The van der Waals surface area contributed by atoms with Crippen LogP contribution in [0.3, 0.4) is 0 Å². The van der Waals surface area contributed by atoms with Crippen molar-refractivity contribution < 1.29 is 18.1 Å². The molecular formula is C15H15ClN7O3S2+. The molecule has 2 aromatic rings. The van der Waals surface area contributed by atoms with E-state index in [0.29, 0.717) is 31.6 Å². The molecule has 4 heterocycles. The van der Waals surface area contributed by atoms with Gasteiger partial charge in [0.05, 0.1) is 23.7 Å². The number of hydrogen-bond donors (Lipinski definition) is 3. The molecule has 2 atom stereocenters. The monoisotopic (exact) mass is 440 g/mol. The van der Waals surface area contributed by atoms with Gasteiger partial charge in [-0.3, -0.25) is 4.79 Å². The zero-order valence-corrected chi connectivity index (χ0v) is 17.1. The molecule has 10 nitrogen and oxygen atoms in total. The molecule has 1 amide bonds. The third kappa shape index (κ3) is 3.64. The van der Waals surface area contributed by atoms with Crippen molar-refractivity contribution in [2.24, 2.45) is 4.99 Å². The van der Waals surface area contributed by atoms with Crippen molar-refractivity contribution in [1.82, 2.24) is 19.8 Å². The number of carbonyl (C=O) groups excluding carboxylic acids is 1. The molecule has 2 aliphatic heterocycles. The van der Waals surface area contributed by atoms with Gasteiger partial charge in [0, 0.05) is 13.1 Å². The van der Waals surface area contributed by atoms with Crippen LogP contribution in [0.4, 0.5) is 5.13 Å². The molecule has 0 aromatic carbocycles. The normalized spacial score (nSPS) is 21.5. The molecule has 3 N–H and O–H groups in total. The number of alkyl halides is 1. The molecule has 0 spiro atoms. The van der Waals surface area contributed by atoms with Crippen molar-refractivity contribution >= 4 is 66.3 Å². The third-order valence-electron chi connectivity index (χ3n) is 3.87. The number of hydrogen-bond acceptors (Lipinski definition) is 8. The summed E-state index contributed by atoms with van der Waals surface area (Å²) in [4.78, 5) is 28.0. The number of anilines is 1. The number of sulfonamides is 1. The average molecular weight is 441 g/mol. The second-order valence-electron chi connectivity index (χ2n) is 6.15. The van der Waals surface area contributed by atoms with Gasteiger partial charge in [-0.25, -0.2) is 33.3 Å². The van der Waals surface area contributed by atoms with E-state index in [4.69, 9.17) is 11.6 Å². The Morgan fingerprint density at radius 1 is 1.36 bits per heavy atom. The Morgan fingerprint density at radius 3 is 2.86 bits per heavy atom. The zero-order valence-electron chi connectivity index (χ0n) is 14.7. The second kappa shape index (κ2) is 6.90. The highest BCUT2D eigenvalue weighted by atomic mass is 35.5. The summed E-state index contributed by atoms with van der Waals surface area (Å²) in [5, 5.41) is 4.41. The summed E-state index contributed by atoms with van der Waals surface area (Å²) >= 11 is 7.66. The van der Waals surface area contributed by atoms with Gasteiger partial charge in [0.1, 0.15) is 10.3 Å². The minimum atomic E-state index is -3.53. The Hall–Kier alpha value is -2.38. The summed E-state index contributed by atoms with van der Waals surface area (Å²) in [6.07, 6.45) is 5.90. The minimum Gasteiger partial charge on any atom is -0.302 e. The fourth-order valence-electron chi connectivity index (χ4n) is 2.81. The number of aromatic nitrogens is 2. The number of nitrogens with zero attached hydrogens (tertiary/aromatic N) is 4. The average Bonchev–Trinajstić information content (AvgIpc) is 3.21. The van der Waals surface area contributed by atoms with Crippen LogP contribution in [0.1, 0.15) is 12.6 Å². The summed E-state index contributed by atoms with van der Waals surface area (Å²) in [6.45, 7) is 1.41. The number of pyridine rings is 1. The predicted molar refractivity (Wildman–Crippen MR) is 107 cm³/mol. The van der Waals surface area contributed by atoms with Crippen LogP contribution >= 0.6 is 22.9 Å². The van der Waals surface area contributed by atoms with Gasteiger partial charge in [-0.1, -0.05) is 11.3 Å². The van der Waals surface area contributed by atoms with Gasteiger partial charge in [-0.05, 0) is 23.7 Å². The lowest BCUT2D eigenvalue weighted by molar-refractivity contribution is -0.779. The summed E-state index contributed by atoms with van der Waals surface area (Å²) in [6, 6.07) is 3.56. The molecule has 146 valence electrons. The van der Waals surface area contributed by atoms with Crippen LogP contribution in [0.25, 0.3) is 15.9 Å². The van der Waals surface area contributed by atoms with Gasteiger partial charge in [-0.2, -0.15) is 0 Å². The van der Waals surface area contributed by atoms with E-state index in [1.807, 2.05) is 0 Å². The van der Waals surface area contributed by atoms with Gasteiger partial charge in [0.25, 0.3) is 5.62 Å². The maximum Gasteiger partial charge on any atom is 0.265 e. The van der Waals surface area contributed by atoms with Crippen LogP contribution in [0, 0.1) is 0 Å². The molecule has 0 radical (unpaired) electrons. The molecule has 0 aliphatic carbocycles. The predicted octanol–water partition coefficient (Wildman–Crippen LogP) is 0.0610. The van der Waals surface area contributed by atoms with E-state index in [1.165, 1.54) is 23.3 Å². The molecule has 2 unspecified atom stereocenters. The molecule has 13 heteroatoms. The molecule has 0 fully saturated rings. The molecule has 0 saturated heterocycles. The van der Waals surface area contributed by atoms with E-state index in [9.17, 15) is 13.2 Å². The number of carbonyl (C=O) groups is 1. The van der Waals surface area contributed by atoms with Crippen molar-refractivity contribution in [3.8, 4) is 0 Å². The Kier molecular flexibility index (Phi) is 4.67. The number of thiazole rings is 1. The Balaban J connectivity index is 1.77. The van der Waals surface area contributed by atoms with Crippen molar-refractivity contribution in [2.75, 3.05) is 11.6 Å². The quantitative estimate of drug-likeness (QED) is 0.456. The van der Waals surface area contributed by atoms with Crippen LogP contribution < -0.4 is 15.0 Å². The smallest absolute Gasteiger partial charge is 0.265 e. The maximum atomic E-state index is 11.7. The SMILES string of the molecule is CC(=O)Nc1nc2ccc(C3=CN(NS(C)(=O)=O)C(Cl)[NH+]4C=NC=C34)nc2s1. The van der Waals surface area contributed by atoms with Gasteiger partial charge < -0.3 is 5.32 Å². The molecule has 0 bridgehead atoms. The number of hydrazine groups is 1. The number of aliphatic imine (C=N–C) groups is 1. The first-order valence-electron chi connectivity index (χ1n) is 7.99. The lowest BCUT2D eigenvalue weighted by atomic mass is 10.1. The van der Waals surface area contributed by atoms with Gasteiger partial charge in [0.2, 0.25) is 15.9 Å². The molecule has 2 aromatic heterocycles. The highest BCUT2D eigenvalue weighted by Crippen LogP contribution is 2.29. The summed E-state index contributed by atoms with van der Waals surface area (Å²) in [7, 11) is -3.53. The lowest BCUT2D eigenvalue weighted by Crippen LogP contribution is -3.14. The number of amides is 1. The van der Waals surface area contributed by atoms with E-state index in [-0.39, 0.29) is 5.91 Å². The lowest BCUT2D eigenvalue weighted by Gasteiger charge is -2.33. The maximum absolute atomic E-state index is 11.7. The van der Waals surface area contributed by atoms with E-state index < -0.39 is 15.6 Å². The summed E-state index contributed by atoms with van der Waals surface area (Å²) in [5.74, 6) is -0.211. The minimum absolute atomic E-state index is 0.211. The van der Waals surface area contributed by atoms with Crippen LogP contribution in [-0.2, 0) is 14.8 Å².